The minimum atomic E-state index is 0.195. The summed E-state index contributed by atoms with van der Waals surface area (Å²) in [6.45, 7) is 7.79. The smallest absolute Gasteiger partial charge is 0.0872 e. The molecule has 0 aromatic carbocycles. The van der Waals surface area contributed by atoms with Gasteiger partial charge in [-0.05, 0) is 19.4 Å². The third-order valence-electron chi connectivity index (χ3n) is 3.92. The summed E-state index contributed by atoms with van der Waals surface area (Å²) in [5.74, 6) is 6.20. The number of nitrogens with one attached hydrogen (secondary N) is 1. The highest BCUT2D eigenvalue weighted by molar-refractivity contribution is 4.87. The SMILES string of the molecule is CCN1CCOC(C(NN)C2CCCOC2)C1. The molecule has 2 saturated heterocycles. The quantitative estimate of drug-likeness (QED) is 0.536. The first-order chi connectivity index (χ1) is 8.35. The van der Waals surface area contributed by atoms with Gasteiger partial charge in [-0.2, -0.15) is 0 Å². The topological polar surface area (TPSA) is 59.8 Å². The summed E-state index contributed by atoms with van der Waals surface area (Å²) >= 11 is 0. The predicted octanol–water partition coefficient (Wildman–Crippen LogP) is -0.0344. The van der Waals surface area contributed by atoms with Gasteiger partial charge in [0, 0.05) is 25.6 Å². The Morgan fingerprint density at radius 2 is 2.35 bits per heavy atom. The Morgan fingerprint density at radius 1 is 1.47 bits per heavy atom. The molecule has 0 aromatic heterocycles. The van der Waals surface area contributed by atoms with Crippen LogP contribution in [0, 0.1) is 5.92 Å². The molecule has 0 radical (unpaired) electrons. The number of hydrazine groups is 1. The molecule has 2 heterocycles. The number of likely N-dealkylation sites (N-methyl/N-ethyl adjacent to an activating group) is 1. The zero-order valence-electron chi connectivity index (χ0n) is 10.7. The van der Waals surface area contributed by atoms with Gasteiger partial charge < -0.3 is 9.47 Å². The van der Waals surface area contributed by atoms with Gasteiger partial charge in [0.1, 0.15) is 0 Å². The van der Waals surface area contributed by atoms with Crippen LogP contribution in [0.2, 0.25) is 0 Å². The molecular formula is C12H25N3O2. The molecule has 0 saturated carbocycles. The van der Waals surface area contributed by atoms with E-state index in [1.54, 1.807) is 0 Å². The molecule has 0 bridgehead atoms. The molecule has 0 aliphatic carbocycles. The van der Waals surface area contributed by atoms with Crippen molar-refractivity contribution in [2.45, 2.75) is 31.9 Å². The normalized spacial score (nSPS) is 33.5. The van der Waals surface area contributed by atoms with Crippen LogP contribution in [0.4, 0.5) is 0 Å². The molecule has 3 N–H and O–H groups in total. The van der Waals surface area contributed by atoms with E-state index in [0.717, 1.165) is 45.9 Å². The lowest BCUT2D eigenvalue weighted by molar-refractivity contribution is -0.0710. The van der Waals surface area contributed by atoms with Gasteiger partial charge in [0.25, 0.3) is 0 Å². The second-order valence-electron chi connectivity index (χ2n) is 4.97. The highest BCUT2D eigenvalue weighted by Gasteiger charge is 2.33. The third-order valence-corrected chi connectivity index (χ3v) is 3.92. The van der Waals surface area contributed by atoms with E-state index < -0.39 is 0 Å². The molecule has 2 rings (SSSR count). The van der Waals surface area contributed by atoms with Gasteiger partial charge >= 0.3 is 0 Å². The number of morpholine rings is 1. The fraction of sp³-hybridized carbons (Fsp3) is 1.00. The number of hydrogen-bond donors (Lipinski definition) is 2. The van der Waals surface area contributed by atoms with E-state index in [2.05, 4.69) is 17.2 Å². The molecule has 2 fully saturated rings. The zero-order valence-corrected chi connectivity index (χ0v) is 10.7. The van der Waals surface area contributed by atoms with E-state index in [9.17, 15) is 0 Å². The lowest BCUT2D eigenvalue weighted by atomic mass is 9.89. The van der Waals surface area contributed by atoms with E-state index in [1.807, 2.05) is 0 Å². The number of nitrogens with zero attached hydrogens (tertiary/aromatic N) is 1. The van der Waals surface area contributed by atoms with Gasteiger partial charge in [0.15, 0.2) is 0 Å². The Bertz CT molecular complexity index is 222. The van der Waals surface area contributed by atoms with Crippen LogP contribution >= 0.6 is 0 Å². The Kier molecular flexibility index (Phi) is 5.18. The first-order valence-corrected chi connectivity index (χ1v) is 6.73. The Morgan fingerprint density at radius 3 is 3.00 bits per heavy atom. The van der Waals surface area contributed by atoms with Crippen LogP contribution in [-0.2, 0) is 9.47 Å². The Hall–Kier alpha value is -0.200. The maximum Gasteiger partial charge on any atom is 0.0872 e. The van der Waals surface area contributed by atoms with Gasteiger partial charge in [-0.3, -0.25) is 16.2 Å². The molecule has 0 amide bonds. The van der Waals surface area contributed by atoms with E-state index in [4.69, 9.17) is 15.3 Å². The fourth-order valence-electron chi connectivity index (χ4n) is 2.83. The van der Waals surface area contributed by atoms with Gasteiger partial charge in [-0.25, -0.2) is 0 Å². The standard InChI is InChI=1S/C12H25N3O2/c1-2-15-5-7-17-11(8-15)12(14-13)10-4-3-6-16-9-10/h10-12,14H,2-9,13H2,1H3. The summed E-state index contributed by atoms with van der Waals surface area (Å²) in [5, 5.41) is 0. The second-order valence-corrected chi connectivity index (χ2v) is 4.97. The van der Waals surface area contributed by atoms with E-state index in [0.29, 0.717) is 5.92 Å². The molecular weight excluding hydrogens is 218 g/mol. The number of ether oxygens (including phenoxy) is 2. The molecule has 0 spiro atoms. The first kappa shape index (κ1) is 13.2. The van der Waals surface area contributed by atoms with Crippen molar-refractivity contribution in [1.82, 2.24) is 10.3 Å². The highest BCUT2D eigenvalue weighted by atomic mass is 16.5. The van der Waals surface area contributed by atoms with Crippen LogP contribution in [0.25, 0.3) is 0 Å². The maximum atomic E-state index is 5.88. The van der Waals surface area contributed by atoms with E-state index in [1.165, 1.54) is 6.42 Å². The molecule has 17 heavy (non-hydrogen) atoms. The van der Waals surface area contributed by atoms with Crippen molar-refractivity contribution >= 4 is 0 Å². The second kappa shape index (κ2) is 6.66. The monoisotopic (exact) mass is 243 g/mol. The molecule has 5 heteroatoms. The van der Waals surface area contributed by atoms with Crippen molar-refractivity contribution in [3.63, 3.8) is 0 Å². The van der Waals surface area contributed by atoms with Gasteiger partial charge in [0.2, 0.25) is 0 Å². The van der Waals surface area contributed by atoms with Crippen LogP contribution < -0.4 is 11.3 Å². The van der Waals surface area contributed by atoms with Crippen molar-refractivity contribution in [2.24, 2.45) is 11.8 Å². The third kappa shape index (κ3) is 3.39. The van der Waals surface area contributed by atoms with Crippen LogP contribution in [-0.4, -0.2) is 56.5 Å². The van der Waals surface area contributed by atoms with Gasteiger partial charge in [-0.1, -0.05) is 6.92 Å². The summed E-state index contributed by atoms with van der Waals surface area (Å²) in [6, 6.07) is 0.213. The highest BCUT2D eigenvalue weighted by Crippen LogP contribution is 2.22. The van der Waals surface area contributed by atoms with Crippen LogP contribution in [0.1, 0.15) is 19.8 Å². The summed E-state index contributed by atoms with van der Waals surface area (Å²) in [5.41, 5.74) is 2.95. The molecule has 2 aliphatic rings. The van der Waals surface area contributed by atoms with Crippen molar-refractivity contribution in [2.75, 3.05) is 39.5 Å². The van der Waals surface area contributed by atoms with Crippen molar-refractivity contribution in [1.29, 1.82) is 0 Å². The van der Waals surface area contributed by atoms with Gasteiger partial charge in [-0.15, -0.1) is 0 Å². The lowest BCUT2D eigenvalue weighted by Crippen LogP contribution is -2.57. The van der Waals surface area contributed by atoms with Crippen molar-refractivity contribution in [3.8, 4) is 0 Å². The minimum Gasteiger partial charge on any atom is -0.381 e. The molecule has 5 nitrogen and oxygen atoms in total. The molecule has 3 unspecified atom stereocenters. The number of hydrogen-bond acceptors (Lipinski definition) is 5. The van der Waals surface area contributed by atoms with Crippen LogP contribution in [0.15, 0.2) is 0 Å². The zero-order chi connectivity index (χ0) is 12.1. The number of rotatable bonds is 4. The summed E-state index contributed by atoms with van der Waals surface area (Å²) < 4.78 is 11.4. The molecule has 100 valence electrons. The minimum absolute atomic E-state index is 0.195. The van der Waals surface area contributed by atoms with Gasteiger partial charge in [0.05, 0.1) is 25.4 Å². The fourth-order valence-corrected chi connectivity index (χ4v) is 2.83. The predicted molar refractivity (Wildman–Crippen MR) is 66.5 cm³/mol. The van der Waals surface area contributed by atoms with Crippen LogP contribution in [0.5, 0.6) is 0 Å². The summed E-state index contributed by atoms with van der Waals surface area (Å²) in [4.78, 5) is 2.42. The average molecular weight is 243 g/mol. The van der Waals surface area contributed by atoms with Crippen LogP contribution in [0.3, 0.4) is 0 Å². The lowest BCUT2D eigenvalue weighted by Gasteiger charge is -2.40. The maximum absolute atomic E-state index is 5.88. The first-order valence-electron chi connectivity index (χ1n) is 6.73. The Balaban J connectivity index is 1.91. The van der Waals surface area contributed by atoms with Crippen molar-refractivity contribution < 1.29 is 9.47 Å². The van der Waals surface area contributed by atoms with E-state index >= 15 is 0 Å². The van der Waals surface area contributed by atoms with Crippen molar-refractivity contribution in [3.05, 3.63) is 0 Å². The molecule has 0 aromatic rings. The largest absolute Gasteiger partial charge is 0.381 e. The summed E-state index contributed by atoms with van der Waals surface area (Å²) in [7, 11) is 0. The average Bonchev–Trinajstić information content (AvgIpc) is 2.41. The molecule has 3 atom stereocenters. The number of nitrogens with two attached hydrogens (primary N) is 1. The summed E-state index contributed by atoms with van der Waals surface area (Å²) in [6.07, 6.45) is 2.51. The molecule has 2 aliphatic heterocycles. The Labute approximate surface area is 104 Å². The van der Waals surface area contributed by atoms with E-state index in [-0.39, 0.29) is 12.1 Å².